The van der Waals surface area contributed by atoms with E-state index in [1.807, 2.05) is 24.3 Å². The average Bonchev–Trinajstić information content (AvgIpc) is 3.87. The highest BCUT2D eigenvalue weighted by Gasteiger charge is 2.21. The third kappa shape index (κ3) is 4.30. The minimum atomic E-state index is 0.568. The second-order valence-corrected chi connectivity index (χ2v) is 13.9. The Labute approximate surface area is 295 Å². The molecule has 0 N–H and O–H groups in total. The SMILES string of the molecule is c1ccc(-n2c3ccccc3c3c(-c4nc(-c5ccc6sc7ccccc7c6c5)nc(-c5cccc6c5oc5ccccc56)n4)cccc32)cc1. The van der Waals surface area contributed by atoms with Crippen LogP contribution in [-0.2, 0) is 0 Å². The van der Waals surface area contributed by atoms with E-state index in [0.717, 1.165) is 66.1 Å². The average molecular weight is 671 g/mol. The molecule has 0 atom stereocenters. The number of fused-ring (bicyclic) bond motifs is 9. The molecule has 51 heavy (non-hydrogen) atoms. The molecule has 0 saturated heterocycles. The van der Waals surface area contributed by atoms with Gasteiger partial charge in [0.25, 0.3) is 0 Å². The number of benzene rings is 7. The van der Waals surface area contributed by atoms with Crippen LogP contribution < -0.4 is 0 Å². The molecule has 238 valence electrons. The first kappa shape index (κ1) is 28.2. The molecular formula is C45H26N4OS. The monoisotopic (exact) mass is 670 g/mol. The number of nitrogens with zero attached hydrogens (tertiary/aromatic N) is 4. The Morgan fingerprint density at radius 1 is 0.451 bits per heavy atom. The summed E-state index contributed by atoms with van der Waals surface area (Å²) in [5.41, 5.74) is 7.63. The standard InChI is InChI=1S/C45H26N4OS/c1-2-12-28(13-3-1)49-36-20-7-4-16-32(36)41-33(18-11-21-37(41)49)44-46-43(27-24-25-40-35(26-27)30-15-6-9-23-39(30)51-40)47-45(48-44)34-19-10-17-31-29-14-5-8-22-38(29)50-42(31)34/h1-26H. The molecule has 0 spiro atoms. The minimum absolute atomic E-state index is 0.568. The van der Waals surface area contributed by atoms with Gasteiger partial charge in [-0.3, -0.25) is 0 Å². The molecule has 6 heteroatoms. The summed E-state index contributed by atoms with van der Waals surface area (Å²) >= 11 is 1.80. The van der Waals surface area contributed by atoms with Gasteiger partial charge in [0, 0.05) is 58.5 Å². The van der Waals surface area contributed by atoms with Gasteiger partial charge in [0.15, 0.2) is 17.5 Å². The molecule has 0 saturated carbocycles. The van der Waals surface area contributed by atoms with E-state index in [9.17, 15) is 0 Å². The quantitative estimate of drug-likeness (QED) is 0.187. The maximum atomic E-state index is 6.50. The zero-order chi connectivity index (χ0) is 33.5. The van der Waals surface area contributed by atoms with E-state index in [-0.39, 0.29) is 0 Å². The van der Waals surface area contributed by atoms with Gasteiger partial charge in [-0.1, -0.05) is 97.1 Å². The van der Waals surface area contributed by atoms with Crippen molar-refractivity contribution < 1.29 is 4.42 Å². The lowest BCUT2D eigenvalue weighted by atomic mass is 10.0. The first-order valence-corrected chi connectivity index (χ1v) is 17.8. The number of hydrogen-bond acceptors (Lipinski definition) is 5. The van der Waals surface area contributed by atoms with E-state index < -0.39 is 0 Å². The van der Waals surface area contributed by atoms with Crippen molar-refractivity contribution in [1.82, 2.24) is 19.5 Å². The highest BCUT2D eigenvalue weighted by molar-refractivity contribution is 7.25. The smallest absolute Gasteiger partial charge is 0.167 e. The molecule has 7 aromatic carbocycles. The van der Waals surface area contributed by atoms with Crippen molar-refractivity contribution in [1.29, 1.82) is 0 Å². The molecule has 11 aromatic rings. The lowest BCUT2D eigenvalue weighted by Gasteiger charge is -2.11. The van der Waals surface area contributed by atoms with Crippen molar-refractivity contribution in [3.63, 3.8) is 0 Å². The van der Waals surface area contributed by atoms with Crippen LogP contribution in [0.5, 0.6) is 0 Å². The fourth-order valence-corrected chi connectivity index (χ4v) is 8.68. The van der Waals surface area contributed by atoms with E-state index in [2.05, 4.69) is 138 Å². The number of furan rings is 1. The van der Waals surface area contributed by atoms with Crippen LogP contribution in [0.2, 0.25) is 0 Å². The van der Waals surface area contributed by atoms with Gasteiger partial charge >= 0.3 is 0 Å². The summed E-state index contributed by atoms with van der Waals surface area (Å²) in [5.74, 6) is 1.79. The van der Waals surface area contributed by atoms with Crippen molar-refractivity contribution in [2.24, 2.45) is 0 Å². The zero-order valence-corrected chi connectivity index (χ0v) is 27.9. The zero-order valence-electron chi connectivity index (χ0n) is 27.1. The Bertz CT molecular complexity index is 3150. The summed E-state index contributed by atoms with van der Waals surface area (Å²) in [6, 6.07) is 54.9. The largest absolute Gasteiger partial charge is 0.455 e. The van der Waals surface area contributed by atoms with Gasteiger partial charge in [-0.25, -0.2) is 15.0 Å². The number of hydrogen-bond donors (Lipinski definition) is 0. The molecular weight excluding hydrogens is 645 g/mol. The topological polar surface area (TPSA) is 56.7 Å². The Balaban J connectivity index is 1.21. The van der Waals surface area contributed by atoms with Crippen LogP contribution in [0.3, 0.4) is 0 Å². The minimum Gasteiger partial charge on any atom is -0.455 e. The van der Waals surface area contributed by atoms with E-state index in [0.29, 0.717) is 17.5 Å². The summed E-state index contributed by atoms with van der Waals surface area (Å²) in [6.45, 7) is 0. The summed E-state index contributed by atoms with van der Waals surface area (Å²) in [5, 5.41) is 6.77. The fraction of sp³-hybridized carbons (Fsp3) is 0. The van der Waals surface area contributed by atoms with Gasteiger partial charge in [0.2, 0.25) is 0 Å². The van der Waals surface area contributed by atoms with Crippen LogP contribution in [0.1, 0.15) is 0 Å². The number of aromatic nitrogens is 4. The molecule has 0 aliphatic carbocycles. The lowest BCUT2D eigenvalue weighted by molar-refractivity contribution is 0.669. The molecule has 0 amide bonds. The summed E-state index contributed by atoms with van der Waals surface area (Å²) in [6.07, 6.45) is 0. The predicted molar refractivity (Wildman–Crippen MR) is 211 cm³/mol. The molecule has 4 aromatic heterocycles. The van der Waals surface area contributed by atoms with E-state index in [1.54, 1.807) is 11.3 Å². The van der Waals surface area contributed by atoms with Crippen LogP contribution in [0.15, 0.2) is 162 Å². The second-order valence-electron chi connectivity index (χ2n) is 12.8. The second kappa shape index (κ2) is 10.9. The molecule has 0 bridgehead atoms. The van der Waals surface area contributed by atoms with Gasteiger partial charge in [-0.05, 0) is 60.7 Å². The van der Waals surface area contributed by atoms with E-state index in [1.165, 1.54) is 20.2 Å². The van der Waals surface area contributed by atoms with Crippen molar-refractivity contribution in [3.8, 4) is 39.9 Å². The lowest BCUT2D eigenvalue weighted by Crippen LogP contribution is -2.01. The predicted octanol–water partition coefficient (Wildman–Crippen LogP) is 12.2. The molecule has 0 radical (unpaired) electrons. The molecule has 0 aliphatic heterocycles. The van der Waals surface area contributed by atoms with Crippen molar-refractivity contribution >= 4 is 75.3 Å². The maximum Gasteiger partial charge on any atom is 0.167 e. The third-order valence-corrected chi connectivity index (χ3v) is 11.0. The van der Waals surface area contributed by atoms with Gasteiger partial charge in [0.05, 0.1) is 16.6 Å². The van der Waals surface area contributed by atoms with Crippen LogP contribution in [0.25, 0.3) is 104 Å². The van der Waals surface area contributed by atoms with Crippen LogP contribution in [0.4, 0.5) is 0 Å². The van der Waals surface area contributed by atoms with E-state index in [4.69, 9.17) is 19.4 Å². The molecule has 5 nitrogen and oxygen atoms in total. The Morgan fingerprint density at radius 2 is 1.10 bits per heavy atom. The highest BCUT2D eigenvalue weighted by Crippen LogP contribution is 2.41. The molecule has 0 unspecified atom stereocenters. The molecule has 0 fully saturated rings. The van der Waals surface area contributed by atoms with Crippen LogP contribution >= 0.6 is 11.3 Å². The van der Waals surface area contributed by atoms with Gasteiger partial charge in [-0.15, -0.1) is 11.3 Å². The summed E-state index contributed by atoms with van der Waals surface area (Å²) in [7, 11) is 0. The summed E-state index contributed by atoms with van der Waals surface area (Å²) < 4.78 is 11.3. The van der Waals surface area contributed by atoms with Crippen LogP contribution in [-0.4, -0.2) is 19.5 Å². The van der Waals surface area contributed by atoms with Gasteiger partial charge < -0.3 is 8.98 Å². The number of rotatable bonds is 4. The van der Waals surface area contributed by atoms with E-state index >= 15 is 0 Å². The highest BCUT2D eigenvalue weighted by atomic mass is 32.1. The Kier molecular flexibility index (Phi) is 6.05. The first-order chi connectivity index (χ1) is 25.3. The Hall–Kier alpha value is -6.63. The maximum absolute atomic E-state index is 6.50. The molecule has 4 heterocycles. The van der Waals surface area contributed by atoms with Gasteiger partial charge in [0.1, 0.15) is 11.2 Å². The van der Waals surface area contributed by atoms with Crippen molar-refractivity contribution in [3.05, 3.63) is 158 Å². The van der Waals surface area contributed by atoms with Gasteiger partial charge in [-0.2, -0.15) is 0 Å². The molecule has 0 aliphatic rings. The van der Waals surface area contributed by atoms with Crippen molar-refractivity contribution in [2.45, 2.75) is 0 Å². The normalized spacial score (nSPS) is 11.9. The first-order valence-electron chi connectivity index (χ1n) is 16.9. The van der Waals surface area contributed by atoms with Crippen LogP contribution in [0, 0.1) is 0 Å². The Morgan fingerprint density at radius 3 is 2.00 bits per heavy atom. The van der Waals surface area contributed by atoms with Crippen molar-refractivity contribution in [2.75, 3.05) is 0 Å². The summed E-state index contributed by atoms with van der Waals surface area (Å²) in [4.78, 5) is 15.7. The number of para-hydroxylation sites is 4. The fourth-order valence-electron chi connectivity index (χ4n) is 7.60. The molecule has 11 rings (SSSR count). The third-order valence-electron chi connectivity index (χ3n) is 9.87. The number of thiophene rings is 1.